The smallest absolute Gasteiger partial charge is 0.217 e. The molecule has 8 nitrogen and oxygen atoms in total. The second-order valence-corrected chi connectivity index (χ2v) is 7.52. The molecule has 9 heteroatoms. The van der Waals surface area contributed by atoms with Crippen LogP contribution in [0.5, 0.6) is 11.8 Å². The van der Waals surface area contributed by atoms with Crippen LogP contribution in [-0.2, 0) is 11.3 Å². The molecule has 1 aliphatic rings. The van der Waals surface area contributed by atoms with Crippen molar-refractivity contribution in [3.05, 3.63) is 71.7 Å². The summed E-state index contributed by atoms with van der Waals surface area (Å²) in [7, 11) is 0. The maximum atomic E-state index is 12.9. The highest BCUT2D eigenvalue weighted by Crippen LogP contribution is 2.26. The monoisotopic (exact) mass is 451 g/mol. The first kappa shape index (κ1) is 22.6. The Kier molecular flexibility index (Phi) is 7.76. The number of hydrogen-bond acceptors (Lipinski definition) is 8. The van der Waals surface area contributed by atoms with Crippen LogP contribution in [-0.4, -0.2) is 49.5 Å². The summed E-state index contributed by atoms with van der Waals surface area (Å²) in [6.07, 6.45) is 1.11. The Morgan fingerprint density at radius 2 is 1.85 bits per heavy atom. The van der Waals surface area contributed by atoms with E-state index < -0.39 is 5.82 Å². The van der Waals surface area contributed by atoms with Gasteiger partial charge in [0, 0.05) is 37.0 Å². The molecule has 172 valence electrons. The van der Waals surface area contributed by atoms with Gasteiger partial charge in [-0.2, -0.15) is 10.1 Å². The third-order valence-electron chi connectivity index (χ3n) is 4.94. The van der Waals surface area contributed by atoms with Crippen molar-refractivity contribution in [2.75, 3.05) is 44.4 Å². The topological polar surface area (TPSA) is 81.4 Å². The molecule has 0 atom stereocenters. The van der Waals surface area contributed by atoms with E-state index in [2.05, 4.69) is 31.2 Å². The molecule has 3 aromatic rings. The minimum absolute atomic E-state index is 0.242. The quantitative estimate of drug-likeness (QED) is 0.352. The molecule has 1 aromatic carbocycles. The third-order valence-corrected chi connectivity index (χ3v) is 4.94. The number of nitrogens with zero attached hydrogens (tertiary/aromatic N) is 5. The summed E-state index contributed by atoms with van der Waals surface area (Å²) in [5.41, 5.74) is 3.23. The van der Waals surface area contributed by atoms with Gasteiger partial charge in [-0.15, -0.1) is 5.11 Å². The Morgan fingerprint density at radius 3 is 2.61 bits per heavy atom. The summed E-state index contributed by atoms with van der Waals surface area (Å²) in [5.74, 6) is 0.828. The van der Waals surface area contributed by atoms with Crippen LogP contribution in [0.15, 0.2) is 65.0 Å². The number of anilines is 1. The number of pyridine rings is 2. The van der Waals surface area contributed by atoms with Crippen LogP contribution in [0.2, 0.25) is 0 Å². The summed E-state index contributed by atoms with van der Waals surface area (Å²) in [6, 6.07) is 14.7. The van der Waals surface area contributed by atoms with Crippen molar-refractivity contribution in [3.63, 3.8) is 0 Å². The second kappa shape index (κ2) is 11.3. The molecule has 0 spiro atoms. The van der Waals surface area contributed by atoms with Gasteiger partial charge in [-0.05, 0) is 18.6 Å². The van der Waals surface area contributed by atoms with E-state index in [1.165, 1.54) is 17.7 Å². The van der Waals surface area contributed by atoms with Crippen LogP contribution in [0.4, 0.5) is 15.9 Å². The van der Waals surface area contributed by atoms with Crippen molar-refractivity contribution in [1.82, 2.24) is 9.97 Å². The lowest BCUT2D eigenvalue weighted by Gasteiger charge is -2.29. The minimum atomic E-state index is -0.410. The van der Waals surface area contributed by atoms with E-state index in [1.54, 1.807) is 0 Å². The van der Waals surface area contributed by atoms with Crippen LogP contribution in [0.25, 0.3) is 0 Å². The Morgan fingerprint density at radius 1 is 1.03 bits per heavy atom. The van der Waals surface area contributed by atoms with E-state index in [0.717, 1.165) is 30.5 Å². The van der Waals surface area contributed by atoms with Gasteiger partial charge in [-0.1, -0.05) is 29.8 Å². The highest BCUT2D eigenvalue weighted by Gasteiger charge is 2.14. The normalized spacial score (nSPS) is 13.9. The van der Waals surface area contributed by atoms with Gasteiger partial charge in [-0.25, -0.2) is 9.37 Å². The average Bonchev–Trinajstić information content (AvgIpc) is 2.83. The first-order chi connectivity index (χ1) is 16.2. The largest absolute Gasteiger partial charge is 0.474 e. The minimum Gasteiger partial charge on any atom is -0.474 e. The number of aryl methyl sites for hydroxylation is 1. The predicted molar refractivity (Wildman–Crippen MR) is 122 cm³/mol. The summed E-state index contributed by atoms with van der Waals surface area (Å²) in [5, 5.41) is 8.65. The van der Waals surface area contributed by atoms with Gasteiger partial charge in [0.15, 0.2) is 5.82 Å². The van der Waals surface area contributed by atoms with E-state index >= 15 is 0 Å². The Hall–Kier alpha value is -3.59. The van der Waals surface area contributed by atoms with E-state index in [1.807, 2.05) is 37.3 Å². The zero-order valence-electron chi connectivity index (χ0n) is 18.5. The number of morpholine rings is 1. The Labute approximate surface area is 192 Å². The van der Waals surface area contributed by atoms with Gasteiger partial charge >= 0.3 is 0 Å². The number of halogens is 1. The molecule has 1 aliphatic heterocycles. The van der Waals surface area contributed by atoms with Crippen molar-refractivity contribution in [1.29, 1.82) is 0 Å². The number of azo groups is 1. The highest BCUT2D eigenvalue weighted by atomic mass is 19.1. The first-order valence-corrected chi connectivity index (χ1v) is 10.8. The first-order valence-electron chi connectivity index (χ1n) is 10.8. The standard InChI is InChI=1S/C24H26FN5O3/c1-18-3-2-4-19(13-18)16-27-29-22-14-21(30-7-9-31-10-8-30)15-24(28-22)33-12-11-32-23-6-5-20(25)17-26-23/h2-6,13-15,17H,7-12,16H2,1H3. The fourth-order valence-corrected chi connectivity index (χ4v) is 3.35. The molecule has 3 heterocycles. The second-order valence-electron chi connectivity index (χ2n) is 7.52. The third kappa shape index (κ3) is 6.95. The van der Waals surface area contributed by atoms with Gasteiger partial charge in [0.2, 0.25) is 11.8 Å². The molecule has 0 N–H and O–H groups in total. The fraction of sp³-hybridized carbons (Fsp3) is 0.333. The van der Waals surface area contributed by atoms with Crippen LogP contribution in [0.1, 0.15) is 11.1 Å². The molecule has 2 aromatic heterocycles. The van der Waals surface area contributed by atoms with Crippen molar-refractivity contribution in [2.24, 2.45) is 10.2 Å². The van der Waals surface area contributed by atoms with E-state index in [9.17, 15) is 4.39 Å². The number of hydrogen-bond donors (Lipinski definition) is 0. The van der Waals surface area contributed by atoms with Gasteiger partial charge in [0.1, 0.15) is 19.0 Å². The zero-order chi connectivity index (χ0) is 22.9. The van der Waals surface area contributed by atoms with Gasteiger partial charge in [0.25, 0.3) is 0 Å². The Bertz CT molecular complexity index is 1070. The van der Waals surface area contributed by atoms with E-state index in [0.29, 0.717) is 37.3 Å². The molecular formula is C24H26FN5O3. The van der Waals surface area contributed by atoms with Crippen LogP contribution < -0.4 is 14.4 Å². The molecule has 1 saturated heterocycles. The molecule has 0 bridgehead atoms. The lowest BCUT2D eigenvalue weighted by atomic mass is 10.1. The van der Waals surface area contributed by atoms with E-state index in [-0.39, 0.29) is 13.2 Å². The SMILES string of the molecule is Cc1cccc(CN=Nc2cc(N3CCOCC3)cc(OCCOc3ccc(F)cn3)n2)c1. The van der Waals surface area contributed by atoms with Crippen LogP contribution in [0, 0.1) is 12.7 Å². The zero-order valence-corrected chi connectivity index (χ0v) is 18.5. The number of rotatable bonds is 9. The lowest BCUT2D eigenvalue weighted by Crippen LogP contribution is -2.36. The average molecular weight is 452 g/mol. The molecular weight excluding hydrogens is 425 g/mol. The van der Waals surface area contributed by atoms with Gasteiger partial charge in [0.05, 0.1) is 26.0 Å². The summed E-state index contributed by atoms with van der Waals surface area (Å²) in [4.78, 5) is 10.5. The fourth-order valence-electron chi connectivity index (χ4n) is 3.35. The summed E-state index contributed by atoms with van der Waals surface area (Å²) < 4.78 is 29.7. The maximum Gasteiger partial charge on any atom is 0.217 e. The van der Waals surface area contributed by atoms with Crippen molar-refractivity contribution in [2.45, 2.75) is 13.5 Å². The van der Waals surface area contributed by atoms with Gasteiger partial charge in [-0.3, -0.25) is 0 Å². The summed E-state index contributed by atoms with van der Waals surface area (Å²) >= 11 is 0. The van der Waals surface area contributed by atoms with Crippen molar-refractivity contribution in [3.8, 4) is 11.8 Å². The maximum absolute atomic E-state index is 12.9. The number of benzene rings is 1. The van der Waals surface area contributed by atoms with Crippen molar-refractivity contribution < 1.29 is 18.6 Å². The van der Waals surface area contributed by atoms with Gasteiger partial charge < -0.3 is 19.1 Å². The molecule has 0 amide bonds. The predicted octanol–water partition coefficient (Wildman–Crippen LogP) is 4.50. The lowest BCUT2D eigenvalue weighted by molar-refractivity contribution is 0.122. The number of aromatic nitrogens is 2. The number of ether oxygens (including phenoxy) is 3. The molecule has 0 radical (unpaired) electrons. The molecule has 0 saturated carbocycles. The summed E-state index contributed by atoms with van der Waals surface area (Å²) in [6.45, 7) is 5.91. The molecule has 33 heavy (non-hydrogen) atoms. The molecule has 1 fully saturated rings. The Balaban J connectivity index is 1.41. The van der Waals surface area contributed by atoms with E-state index in [4.69, 9.17) is 14.2 Å². The molecule has 4 rings (SSSR count). The highest BCUT2D eigenvalue weighted by molar-refractivity contribution is 5.55. The van der Waals surface area contributed by atoms with Crippen LogP contribution in [0.3, 0.4) is 0 Å². The van der Waals surface area contributed by atoms with Crippen molar-refractivity contribution >= 4 is 11.5 Å². The molecule has 0 unspecified atom stereocenters. The van der Waals surface area contributed by atoms with Crippen LogP contribution >= 0.6 is 0 Å². The molecule has 0 aliphatic carbocycles.